The predicted octanol–water partition coefficient (Wildman–Crippen LogP) is 7.57. The summed E-state index contributed by atoms with van der Waals surface area (Å²) in [6.07, 6.45) is 5.22. The summed E-state index contributed by atoms with van der Waals surface area (Å²) < 4.78 is 0. The average Bonchev–Trinajstić information content (AvgIpc) is 2.18. The zero-order valence-corrected chi connectivity index (χ0v) is 12.9. The van der Waals surface area contributed by atoms with Crippen molar-refractivity contribution in [2.75, 3.05) is 0 Å². The Kier molecular flexibility index (Phi) is 37.9. The van der Waals surface area contributed by atoms with Crippen molar-refractivity contribution in [2.45, 2.75) is 103 Å². The maximum absolute atomic E-state index is 2.24. The second-order valence-electron chi connectivity index (χ2n) is 5.72. The summed E-state index contributed by atoms with van der Waals surface area (Å²) in [4.78, 5) is 0. The molecule has 0 aromatic rings. The Labute approximate surface area is 115 Å². The maximum Gasteiger partial charge on any atom is -0.0385 e. The van der Waals surface area contributed by atoms with Crippen molar-refractivity contribution < 1.29 is 0 Å². The lowest BCUT2D eigenvalue weighted by atomic mass is 9.94. The highest BCUT2D eigenvalue weighted by atomic mass is 14.1. The summed E-state index contributed by atoms with van der Waals surface area (Å²) in [5.74, 6) is 0.884. The zero-order chi connectivity index (χ0) is 12.9. The molecule has 0 unspecified atom stereocenters. The molecule has 0 heterocycles. The van der Waals surface area contributed by atoms with E-state index in [4.69, 9.17) is 0 Å². The minimum Gasteiger partial charge on any atom is -0.0776 e. The molecular formula is C17H44. The molecule has 0 saturated heterocycles. The van der Waals surface area contributed by atoms with Crippen molar-refractivity contribution >= 4 is 0 Å². The van der Waals surface area contributed by atoms with Gasteiger partial charge in [0.05, 0.1) is 0 Å². The van der Waals surface area contributed by atoms with E-state index in [1.54, 1.807) is 0 Å². The SMILES string of the molecule is C.C.CCC(C)(C)C.CCC(C)C.CCCC. The van der Waals surface area contributed by atoms with Crippen LogP contribution in [-0.4, -0.2) is 0 Å². The third kappa shape index (κ3) is 87.1. The Balaban J connectivity index is -0.0000000407. The first-order valence-corrected chi connectivity index (χ1v) is 6.74. The second kappa shape index (κ2) is 21.3. The molecule has 0 atom stereocenters. The Bertz CT molecular complexity index is 82.7. The van der Waals surface area contributed by atoms with Crippen molar-refractivity contribution in [1.29, 1.82) is 0 Å². The van der Waals surface area contributed by atoms with Crippen molar-refractivity contribution in [3.05, 3.63) is 0 Å². The van der Waals surface area contributed by atoms with E-state index < -0.39 is 0 Å². The molecule has 0 aliphatic rings. The number of rotatable bonds is 2. The summed E-state index contributed by atoms with van der Waals surface area (Å²) >= 11 is 0. The standard InChI is InChI=1S/C6H14.C5H12.C4H10.2CH4/c1-5-6(2,3)4;1-4-5(2)3;1-3-4-2;;/h5H2,1-4H3;5H,4H2,1-3H3;3-4H2,1-2H3;2*1H4. The van der Waals surface area contributed by atoms with E-state index in [-0.39, 0.29) is 14.9 Å². The van der Waals surface area contributed by atoms with Crippen LogP contribution in [0.25, 0.3) is 0 Å². The molecule has 0 aliphatic heterocycles. The van der Waals surface area contributed by atoms with Crippen molar-refractivity contribution in [3.8, 4) is 0 Å². The highest BCUT2D eigenvalue weighted by Gasteiger charge is 2.03. The van der Waals surface area contributed by atoms with Gasteiger partial charge in [-0.2, -0.15) is 0 Å². The molecule has 0 saturated carbocycles. The first-order chi connectivity index (χ1) is 6.74. The van der Waals surface area contributed by atoms with E-state index in [0.29, 0.717) is 5.41 Å². The van der Waals surface area contributed by atoms with Crippen LogP contribution in [0.5, 0.6) is 0 Å². The minimum atomic E-state index is 0. The summed E-state index contributed by atoms with van der Waals surface area (Å²) in [5, 5.41) is 0. The molecule has 0 heteroatoms. The number of hydrogen-bond acceptors (Lipinski definition) is 0. The fraction of sp³-hybridized carbons (Fsp3) is 1.00. The van der Waals surface area contributed by atoms with Crippen LogP contribution < -0.4 is 0 Å². The van der Waals surface area contributed by atoms with Gasteiger partial charge in [-0.05, 0) is 11.3 Å². The summed E-state index contributed by atoms with van der Waals surface area (Å²) in [6.45, 7) is 19.9. The van der Waals surface area contributed by atoms with Crippen LogP contribution in [-0.2, 0) is 0 Å². The molecule has 0 aromatic heterocycles. The third-order valence-electron chi connectivity index (χ3n) is 2.38. The lowest BCUT2D eigenvalue weighted by Gasteiger charge is -2.12. The van der Waals surface area contributed by atoms with Gasteiger partial charge in [-0.1, -0.05) is 103 Å². The molecule has 112 valence electrons. The Morgan fingerprint density at radius 3 is 0.941 bits per heavy atom. The van der Waals surface area contributed by atoms with E-state index in [0.717, 1.165) is 5.92 Å². The van der Waals surface area contributed by atoms with Gasteiger partial charge in [0.2, 0.25) is 0 Å². The fourth-order valence-corrected chi connectivity index (χ4v) is 0. The van der Waals surface area contributed by atoms with Gasteiger partial charge in [0.15, 0.2) is 0 Å². The second-order valence-corrected chi connectivity index (χ2v) is 5.72. The molecular weight excluding hydrogens is 204 g/mol. The highest BCUT2D eigenvalue weighted by Crippen LogP contribution is 2.16. The van der Waals surface area contributed by atoms with Crippen LogP contribution in [0.15, 0.2) is 0 Å². The molecule has 0 aliphatic carbocycles. The molecule has 0 radical (unpaired) electrons. The molecule has 0 amide bonds. The first kappa shape index (κ1) is 30.2. The Hall–Kier alpha value is 0. The first-order valence-electron chi connectivity index (χ1n) is 6.74. The quantitative estimate of drug-likeness (QED) is 0.472. The van der Waals surface area contributed by atoms with Crippen LogP contribution >= 0.6 is 0 Å². The van der Waals surface area contributed by atoms with Gasteiger partial charge in [0.25, 0.3) is 0 Å². The fourth-order valence-electron chi connectivity index (χ4n) is 0. The van der Waals surface area contributed by atoms with Crippen LogP contribution in [0.2, 0.25) is 0 Å². The van der Waals surface area contributed by atoms with Gasteiger partial charge in [-0.25, -0.2) is 0 Å². The molecule has 0 bridgehead atoms. The van der Waals surface area contributed by atoms with E-state index in [9.17, 15) is 0 Å². The van der Waals surface area contributed by atoms with Gasteiger partial charge in [0.1, 0.15) is 0 Å². The van der Waals surface area contributed by atoms with Gasteiger partial charge in [-0.3, -0.25) is 0 Å². The largest absolute Gasteiger partial charge is 0.0776 e. The summed E-state index contributed by atoms with van der Waals surface area (Å²) in [5.41, 5.74) is 0.542. The van der Waals surface area contributed by atoms with Crippen molar-refractivity contribution in [1.82, 2.24) is 0 Å². The third-order valence-corrected chi connectivity index (χ3v) is 2.38. The van der Waals surface area contributed by atoms with E-state index in [2.05, 4.69) is 62.3 Å². The zero-order valence-electron chi connectivity index (χ0n) is 12.9. The molecule has 0 nitrogen and oxygen atoms in total. The number of hydrogen-bond donors (Lipinski definition) is 0. The van der Waals surface area contributed by atoms with Crippen LogP contribution in [0, 0.1) is 11.3 Å². The molecule has 17 heavy (non-hydrogen) atoms. The van der Waals surface area contributed by atoms with Crippen molar-refractivity contribution in [3.63, 3.8) is 0 Å². The lowest BCUT2D eigenvalue weighted by Crippen LogP contribution is -2.00. The Morgan fingerprint density at radius 2 is 0.941 bits per heavy atom. The average molecular weight is 249 g/mol. The molecule has 0 fully saturated rings. The van der Waals surface area contributed by atoms with E-state index in [1.165, 1.54) is 25.7 Å². The van der Waals surface area contributed by atoms with Crippen molar-refractivity contribution in [2.24, 2.45) is 11.3 Å². The van der Waals surface area contributed by atoms with E-state index >= 15 is 0 Å². The Morgan fingerprint density at radius 1 is 0.765 bits per heavy atom. The van der Waals surface area contributed by atoms with Gasteiger partial charge < -0.3 is 0 Å². The monoisotopic (exact) mass is 248 g/mol. The summed E-state index contributed by atoms with van der Waals surface area (Å²) in [6, 6.07) is 0. The minimum absolute atomic E-state index is 0. The molecule has 0 spiro atoms. The van der Waals surface area contributed by atoms with Crippen LogP contribution in [0.1, 0.15) is 103 Å². The van der Waals surface area contributed by atoms with Gasteiger partial charge in [0, 0.05) is 0 Å². The topological polar surface area (TPSA) is 0 Å². The molecule has 0 aromatic carbocycles. The van der Waals surface area contributed by atoms with Gasteiger partial charge in [-0.15, -0.1) is 0 Å². The summed E-state index contributed by atoms with van der Waals surface area (Å²) in [7, 11) is 0. The van der Waals surface area contributed by atoms with E-state index in [1.807, 2.05) is 0 Å². The smallest absolute Gasteiger partial charge is 0.0385 e. The molecule has 0 rings (SSSR count). The lowest BCUT2D eigenvalue weighted by molar-refractivity contribution is 0.398. The molecule has 0 N–H and O–H groups in total. The van der Waals surface area contributed by atoms with Gasteiger partial charge >= 0.3 is 0 Å². The normalized spacial score (nSPS) is 8.82. The van der Waals surface area contributed by atoms with Crippen LogP contribution in [0.3, 0.4) is 0 Å². The maximum atomic E-state index is 2.24. The predicted molar refractivity (Wildman–Crippen MR) is 88.9 cm³/mol. The highest BCUT2D eigenvalue weighted by molar-refractivity contribution is 4.55. The van der Waals surface area contributed by atoms with Crippen LogP contribution in [0.4, 0.5) is 0 Å². The number of unbranched alkanes of at least 4 members (excludes halogenated alkanes) is 1.